The normalized spacial score (nSPS) is 15.7. The van der Waals surface area contributed by atoms with Gasteiger partial charge in [-0.3, -0.25) is 4.90 Å². The van der Waals surface area contributed by atoms with E-state index < -0.39 is 6.10 Å². The van der Waals surface area contributed by atoms with E-state index in [4.69, 9.17) is 9.47 Å². The van der Waals surface area contributed by atoms with Gasteiger partial charge in [0.25, 0.3) is 0 Å². The van der Waals surface area contributed by atoms with Crippen molar-refractivity contribution in [3.8, 4) is 0 Å². The van der Waals surface area contributed by atoms with Crippen molar-refractivity contribution in [3.05, 3.63) is 34.9 Å². The van der Waals surface area contributed by atoms with Gasteiger partial charge in [0.15, 0.2) is 0 Å². The molecule has 0 aromatic heterocycles. The third kappa shape index (κ3) is 5.88. The molecule has 0 amide bonds. The number of hydrogen-bond acceptors (Lipinski definition) is 4. The van der Waals surface area contributed by atoms with Crippen LogP contribution in [0.4, 0.5) is 0 Å². The van der Waals surface area contributed by atoms with Crippen molar-refractivity contribution in [1.82, 2.24) is 4.90 Å². The average Bonchev–Trinajstić information content (AvgIpc) is 2.60. The lowest BCUT2D eigenvalue weighted by Crippen LogP contribution is -2.32. The maximum Gasteiger partial charge on any atom is 0.0802 e. The minimum Gasteiger partial charge on any atom is -0.388 e. The molecule has 1 aliphatic carbocycles. The van der Waals surface area contributed by atoms with Crippen LogP contribution in [0, 0.1) is 0 Å². The molecular formula is C19H31NO3. The summed E-state index contributed by atoms with van der Waals surface area (Å²) in [7, 11) is 3.44. The van der Waals surface area contributed by atoms with Crippen LogP contribution in [0.25, 0.3) is 0 Å². The highest BCUT2D eigenvalue weighted by molar-refractivity contribution is 5.34. The van der Waals surface area contributed by atoms with Crippen molar-refractivity contribution in [1.29, 1.82) is 0 Å². The van der Waals surface area contributed by atoms with E-state index >= 15 is 0 Å². The molecule has 1 N–H and O–H groups in total. The molecule has 0 saturated heterocycles. The van der Waals surface area contributed by atoms with Crippen LogP contribution in [0.15, 0.2) is 18.2 Å². The maximum atomic E-state index is 10.5. The van der Waals surface area contributed by atoms with Gasteiger partial charge in [-0.15, -0.1) is 0 Å². The second-order valence-electron chi connectivity index (χ2n) is 6.37. The Morgan fingerprint density at radius 3 is 2.30 bits per heavy atom. The van der Waals surface area contributed by atoms with Gasteiger partial charge < -0.3 is 14.6 Å². The third-order valence-corrected chi connectivity index (χ3v) is 4.70. The molecular weight excluding hydrogens is 290 g/mol. The van der Waals surface area contributed by atoms with Crippen molar-refractivity contribution < 1.29 is 14.6 Å². The van der Waals surface area contributed by atoms with Crippen molar-refractivity contribution in [2.75, 3.05) is 47.1 Å². The van der Waals surface area contributed by atoms with Gasteiger partial charge in [-0.25, -0.2) is 0 Å². The summed E-state index contributed by atoms with van der Waals surface area (Å²) >= 11 is 0. The minimum absolute atomic E-state index is 0.394. The lowest BCUT2D eigenvalue weighted by atomic mass is 9.89. The van der Waals surface area contributed by atoms with Gasteiger partial charge in [0, 0.05) is 33.9 Å². The highest BCUT2D eigenvalue weighted by Crippen LogP contribution is 2.26. The largest absolute Gasteiger partial charge is 0.388 e. The van der Waals surface area contributed by atoms with Gasteiger partial charge >= 0.3 is 0 Å². The molecule has 0 saturated carbocycles. The number of rotatable bonds is 10. The summed E-state index contributed by atoms with van der Waals surface area (Å²) in [6.07, 6.45) is 5.26. The Balaban J connectivity index is 1.87. The number of benzene rings is 1. The lowest BCUT2D eigenvalue weighted by Gasteiger charge is -2.24. The first kappa shape index (κ1) is 18.4. The molecule has 0 bridgehead atoms. The molecule has 0 fully saturated rings. The van der Waals surface area contributed by atoms with E-state index in [2.05, 4.69) is 23.1 Å². The van der Waals surface area contributed by atoms with Crippen LogP contribution in [0.1, 0.15) is 42.1 Å². The van der Waals surface area contributed by atoms with Gasteiger partial charge in [0.2, 0.25) is 0 Å². The molecule has 1 atom stereocenters. The predicted octanol–water partition coefficient (Wildman–Crippen LogP) is 2.58. The van der Waals surface area contributed by atoms with E-state index in [1.54, 1.807) is 14.2 Å². The van der Waals surface area contributed by atoms with E-state index in [1.165, 1.54) is 30.4 Å². The number of aliphatic hydroxyl groups is 1. The minimum atomic E-state index is -0.394. The molecule has 0 radical (unpaired) electrons. The average molecular weight is 321 g/mol. The van der Waals surface area contributed by atoms with Gasteiger partial charge in [-0.05, 0) is 48.8 Å². The van der Waals surface area contributed by atoms with Gasteiger partial charge in [-0.2, -0.15) is 0 Å². The van der Waals surface area contributed by atoms with Crippen molar-refractivity contribution in [2.24, 2.45) is 0 Å². The SMILES string of the molecule is COCCN(CCOC)CCC(O)c1ccc2c(c1)CCCC2. The summed E-state index contributed by atoms with van der Waals surface area (Å²) in [5.74, 6) is 0. The van der Waals surface area contributed by atoms with Crippen molar-refractivity contribution >= 4 is 0 Å². The van der Waals surface area contributed by atoms with Gasteiger partial charge in [0.1, 0.15) is 0 Å². The Morgan fingerprint density at radius 2 is 1.65 bits per heavy atom. The first-order valence-corrected chi connectivity index (χ1v) is 8.74. The van der Waals surface area contributed by atoms with Crippen LogP contribution in [0.2, 0.25) is 0 Å². The van der Waals surface area contributed by atoms with Crippen LogP contribution in [-0.2, 0) is 22.3 Å². The molecule has 1 aliphatic rings. The first-order chi connectivity index (χ1) is 11.2. The number of fused-ring (bicyclic) bond motifs is 1. The van der Waals surface area contributed by atoms with E-state index in [0.29, 0.717) is 13.2 Å². The summed E-state index contributed by atoms with van der Waals surface area (Å²) in [4.78, 5) is 2.29. The highest BCUT2D eigenvalue weighted by Gasteiger charge is 2.15. The van der Waals surface area contributed by atoms with E-state index in [-0.39, 0.29) is 0 Å². The second kappa shape index (κ2) is 10.0. The Labute approximate surface area is 140 Å². The summed E-state index contributed by atoms with van der Waals surface area (Å²) < 4.78 is 10.3. The Kier molecular flexibility index (Phi) is 8.03. The van der Waals surface area contributed by atoms with Crippen LogP contribution in [-0.4, -0.2) is 57.1 Å². The molecule has 0 spiro atoms. The molecule has 0 aliphatic heterocycles. The molecule has 1 aromatic rings. The molecule has 2 rings (SSSR count). The van der Waals surface area contributed by atoms with Crippen LogP contribution in [0.3, 0.4) is 0 Å². The first-order valence-electron chi connectivity index (χ1n) is 8.74. The standard InChI is InChI=1S/C19H31NO3/c1-22-13-11-20(12-14-23-2)10-9-19(21)18-8-7-16-5-3-4-6-17(16)15-18/h7-8,15,19,21H,3-6,9-14H2,1-2H3. The fourth-order valence-corrected chi connectivity index (χ4v) is 3.21. The van der Waals surface area contributed by atoms with Gasteiger partial charge in [0.05, 0.1) is 19.3 Å². The quantitative estimate of drug-likeness (QED) is 0.719. The summed E-state index contributed by atoms with van der Waals surface area (Å²) in [5.41, 5.74) is 3.96. The monoisotopic (exact) mass is 321 g/mol. The Morgan fingerprint density at radius 1 is 1.00 bits per heavy atom. The second-order valence-corrected chi connectivity index (χ2v) is 6.37. The molecule has 4 heteroatoms. The molecule has 1 unspecified atom stereocenters. The summed E-state index contributed by atoms with van der Waals surface area (Å²) in [5, 5.41) is 10.5. The number of methoxy groups -OCH3 is 2. The zero-order valence-electron chi connectivity index (χ0n) is 14.6. The smallest absolute Gasteiger partial charge is 0.0802 e. The Hall–Kier alpha value is -0.940. The number of aryl methyl sites for hydroxylation is 2. The topological polar surface area (TPSA) is 41.9 Å². The number of hydrogen-bond donors (Lipinski definition) is 1. The third-order valence-electron chi connectivity index (χ3n) is 4.70. The number of aliphatic hydroxyl groups excluding tert-OH is 1. The Bertz CT molecular complexity index is 456. The zero-order chi connectivity index (χ0) is 16.5. The van der Waals surface area contributed by atoms with Gasteiger partial charge in [-0.1, -0.05) is 18.2 Å². The van der Waals surface area contributed by atoms with Crippen molar-refractivity contribution in [3.63, 3.8) is 0 Å². The molecule has 23 heavy (non-hydrogen) atoms. The molecule has 4 nitrogen and oxygen atoms in total. The fraction of sp³-hybridized carbons (Fsp3) is 0.684. The summed E-state index contributed by atoms with van der Waals surface area (Å²) in [6, 6.07) is 6.53. The maximum absolute atomic E-state index is 10.5. The van der Waals surface area contributed by atoms with Crippen molar-refractivity contribution in [2.45, 2.75) is 38.2 Å². The summed E-state index contributed by atoms with van der Waals surface area (Å²) in [6.45, 7) is 4.01. The molecule has 1 aromatic carbocycles. The van der Waals surface area contributed by atoms with E-state index in [9.17, 15) is 5.11 Å². The number of ether oxygens (including phenoxy) is 2. The fourth-order valence-electron chi connectivity index (χ4n) is 3.21. The lowest BCUT2D eigenvalue weighted by molar-refractivity contribution is 0.0945. The van der Waals surface area contributed by atoms with E-state index in [0.717, 1.165) is 38.0 Å². The zero-order valence-corrected chi connectivity index (χ0v) is 14.6. The number of nitrogens with zero attached hydrogens (tertiary/aromatic N) is 1. The van der Waals surface area contributed by atoms with E-state index in [1.807, 2.05) is 0 Å². The molecule has 130 valence electrons. The highest BCUT2D eigenvalue weighted by atomic mass is 16.5. The van der Waals surface area contributed by atoms with Crippen LogP contribution in [0.5, 0.6) is 0 Å². The van der Waals surface area contributed by atoms with Crippen LogP contribution >= 0.6 is 0 Å². The van der Waals surface area contributed by atoms with Crippen LogP contribution < -0.4 is 0 Å². The predicted molar refractivity (Wildman–Crippen MR) is 92.9 cm³/mol. The molecule has 0 heterocycles.